The van der Waals surface area contributed by atoms with Crippen LogP contribution in [0.15, 0.2) is 36.7 Å². The summed E-state index contributed by atoms with van der Waals surface area (Å²) in [5.74, 6) is 0.392. The van der Waals surface area contributed by atoms with Gasteiger partial charge in [0.25, 0.3) is 0 Å². The van der Waals surface area contributed by atoms with Gasteiger partial charge in [-0.3, -0.25) is 4.90 Å². The zero-order valence-electron chi connectivity index (χ0n) is 13.9. The van der Waals surface area contributed by atoms with Gasteiger partial charge >= 0.3 is 0 Å². The lowest BCUT2D eigenvalue weighted by molar-refractivity contribution is 0.0352. The topological polar surface area (TPSA) is 32.3 Å². The minimum atomic E-state index is -0.503. The highest BCUT2D eigenvalue weighted by Crippen LogP contribution is 2.47. The SMILES string of the molecule is Fc1cc(F)cc([C@@H]2CN(c3ncccn3)[C@H]3C4CCN(CC4)[C@@H]23)c1. The third-order valence-electron chi connectivity index (χ3n) is 6.12. The van der Waals surface area contributed by atoms with Crippen LogP contribution < -0.4 is 4.90 Å². The molecule has 4 aliphatic heterocycles. The Kier molecular flexibility index (Phi) is 3.48. The summed E-state index contributed by atoms with van der Waals surface area (Å²) in [7, 11) is 0. The molecule has 2 aromatic rings. The molecule has 6 heteroatoms. The second kappa shape index (κ2) is 5.73. The molecule has 0 radical (unpaired) electrons. The number of piperidine rings is 3. The van der Waals surface area contributed by atoms with E-state index in [-0.39, 0.29) is 12.0 Å². The fourth-order valence-corrected chi connectivity index (χ4v) is 5.17. The van der Waals surface area contributed by atoms with Crippen molar-refractivity contribution < 1.29 is 8.78 Å². The lowest BCUT2D eigenvalue weighted by Gasteiger charge is -2.51. The molecular weight excluding hydrogens is 322 g/mol. The van der Waals surface area contributed by atoms with Crippen molar-refractivity contribution in [2.45, 2.75) is 30.8 Å². The fraction of sp³-hybridized carbons (Fsp3) is 0.474. The highest BCUT2D eigenvalue weighted by Gasteiger charge is 2.54. The average molecular weight is 342 g/mol. The number of aromatic nitrogens is 2. The van der Waals surface area contributed by atoms with Crippen LogP contribution >= 0.6 is 0 Å². The van der Waals surface area contributed by atoms with Gasteiger partial charge in [-0.1, -0.05) is 0 Å². The molecule has 0 unspecified atom stereocenters. The number of halogens is 2. The highest BCUT2D eigenvalue weighted by atomic mass is 19.1. The van der Waals surface area contributed by atoms with Crippen LogP contribution in [0, 0.1) is 17.6 Å². The van der Waals surface area contributed by atoms with Gasteiger partial charge in [0, 0.05) is 37.0 Å². The Morgan fingerprint density at radius 3 is 2.28 bits per heavy atom. The Morgan fingerprint density at radius 1 is 0.920 bits per heavy atom. The summed E-state index contributed by atoms with van der Waals surface area (Å²) < 4.78 is 27.6. The van der Waals surface area contributed by atoms with Crippen molar-refractivity contribution in [2.75, 3.05) is 24.5 Å². The number of hydrogen-bond acceptors (Lipinski definition) is 4. The maximum absolute atomic E-state index is 13.8. The van der Waals surface area contributed by atoms with Gasteiger partial charge in [0.15, 0.2) is 0 Å². The molecule has 2 bridgehead atoms. The normalized spacial score (nSPS) is 33.5. The number of hydrogen-bond donors (Lipinski definition) is 0. The van der Waals surface area contributed by atoms with Gasteiger partial charge in [-0.15, -0.1) is 0 Å². The van der Waals surface area contributed by atoms with Crippen LogP contribution in [0.2, 0.25) is 0 Å². The summed E-state index contributed by atoms with van der Waals surface area (Å²) in [5, 5.41) is 0. The fourth-order valence-electron chi connectivity index (χ4n) is 5.17. The van der Waals surface area contributed by atoms with E-state index in [0.717, 1.165) is 30.7 Å². The molecule has 5 heterocycles. The highest BCUT2D eigenvalue weighted by molar-refractivity contribution is 5.42. The van der Waals surface area contributed by atoms with Crippen molar-refractivity contribution in [3.63, 3.8) is 0 Å². The third-order valence-corrected chi connectivity index (χ3v) is 6.12. The number of anilines is 1. The summed E-state index contributed by atoms with van der Waals surface area (Å²) >= 11 is 0. The predicted molar refractivity (Wildman–Crippen MR) is 90.4 cm³/mol. The third kappa shape index (κ3) is 2.42. The van der Waals surface area contributed by atoms with E-state index < -0.39 is 11.6 Å². The van der Waals surface area contributed by atoms with Crippen molar-refractivity contribution in [2.24, 2.45) is 5.92 Å². The quantitative estimate of drug-likeness (QED) is 0.840. The van der Waals surface area contributed by atoms with Gasteiger partial charge in [-0.2, -0.15) is 0 Å². The van der Waals surface area contributed by atoms with E-state index in [1.54, 1.807) is 12.4 Å². The molecule has 0 N–H and O–H groups in total. The molecule has 6 rings (SSSR count). The Bertz CT molecular complexity index is 756. The second-order valence-corrected chi connectivity index (χ2v) is 7.37. The van der Waals surface area contributed by atoms with Gasteiger partial charge in [0.05, 0.1) is 6.04 Å². The Hall–Kier alpha value is -2.08. The molecule has 4 aliphatic rings. The zero-order chi connectivity index (χ0) is 17.0. The molecule has 1 aromatic heterocycles. The van der Waals surface area contributed by atoms with Gasteiger partial charge < -0.3 is 4.90 Å². The lowest BCUT2D eigenvalue weighted by atomic mass is 9.75. The summed E-state index contributed by atoms with van der Waals surface area (Å²) in [6.07, 6.45) is 5.87. The Balaban J connectivity index is 1.58. The summed E-state index contributed by atoms with van der Waals surface area (Å²) in [4.78, 5) is 13.7. The summed E-state index contributed by atoms with van der Waals surface area (Å²) in [6, 6.07) is 6.33. The van der Waals surface area contributed by atoms with E-state index in [1.165, 1.54) is 25.0 Å². The number of fused-ring (bicyclic) bond motifs is 2. The van der Waals surface area contributed by atoms with Crippen LogP contribution in [-0.2, 0) is 0 Å². The van der Waals surface area contributed by atoms with E-state index >= 15 is 0 Å². The molecule has 0 amide bonds. The van der Waals surface area contributed by atoms with Crippen LogP contribution in [0.3, 0.4) is 0 Å². The first-order valence-corrected chi connectivity index (χ1v) is 8.94. The first kappa shape index (κ1) is 15.2. The molecule has 1 aromatic carbocycles. The molecule has 0 aliphatic carbocycles. The molecule has 4 fully saturated rings. The Morgan fingerprint density at radius 2 is 1.60 bits per heavy atom. The monoisotopic (exact) mass is 342 g/mol. The first-order valence-electron chi connectivity index (χ1n) is 8.94. The molecule has 0 spiro atoms. The number of rotatable bonds is 2. The number of benzene rings is 1. The lowest BCUT2D eigenvalue weighted by Crippen LogP contribution is -2.60. The van der Waals surface area contributed by atoms with Crippen molar-refractivity contribution in [3.8, 4) is 0 Å². The van der Waals surface area contributed by atoms with Crippen molar-refractivity contribution in [1.82, 2.24) is 14.9 Å². The molecule has 130 valence electrons. The molecule has 4 saturated heterocycles. The van der Waals surface area contributed by atoms with Gasteiger partial charge in [0.1, 0.15) is 11.6 Å². The average Bonchev–Trinajstić information content (AvgIpc) is 3.05. The van der Waals surface area contributed by atoms with Gasteiger partial charge in [0.2, 0.25) is 5.95 Å². The zero-order valence-corrected chi connectivity index (χ0v) is 13.9. The van der Waals surface area contributed by atoms with Gasteiger partial charge in [-0.25, -0.2) is 18.7 Å². The van der Waals surface area contributed by atoms with E-state index in [0.29, 0.717) is 18.5 Å². The Labute approximate surface area is 145 Å². The van der Waals surface area contributed by atoms with Crippen LogP contribution in [0.4, 0.5) is 14.7 Å². The van der Waals surface area contributed by atoms with Crippen molar-refractivity contribution in [1.29, 1.82) is 0 Å². The van der Waals surface area contributed by atoms with E-state index in [9.17, 15) is 8.78 Å². The van der Waals surface area contributed by atoms with Crippen LogP contribution in [0.1, 0.15) is 24.3 Å². The van der Waals surface area contributed by atoms with Crippen LogP contribution in [-0.4, -0.2) is 46.6 Å². The minimum absolute atomic E-state index is 0.0714. The second-order valence-electron chi connectivity index (χ2n) is 7.37. The molecule has 0 saturated carbocycles. The van der Waals surface area contributed by atoms with E-state index in [1.807, 2.05) is 6.07 Å². The predicted octanol–water partition coefficient (Wildman–Crippen LogP) is 2.82. The molecule has 3 atom stereocenters. The van der Waals surface area contributed by atoms with E-state index in [4.69, 9.17) is 0 Å². The summed E-state index contributed by atoms with van der Waals surface area (Å²) in [5.41, 5.74) is 0.749. The van der Waals surface area contributed by atoms with Crippen molar-refractivity contribution in [3.05, 3.63) is 53.9 Å². The van der Waals surface area contributed by atoms with Crippen molar-refractivity contribution >= 4 is 5.95 Å². The minimum Gasteiger partial charge on any atom is -0.335 e. The standard InChI is InChI=1S/C19H20F2N4/c20-14-8-13(9-15(21)10-14)16-11-25(19-22-4-1-5-23-19)17-12-2-6-24(7-3-12)18(16)17/h1,4-5,8-10,12,16-18H,2-3,6-7,11H2/t16-,17-,18-/m0/s1. The first-order chi connectivity index (χ1) is 12.2. The molecule has 4 nitrogen and oxygen atoms in total. The molecular formula is C19H20F2N4. The number of nitrogens with zero attached hydrogens (tertiary/aromatic N) is 4. The maximum atomic E-state index is 13.8. The van der Waals surface area contributed by atoms with Gasteiger partial charge in [-0.05, 0) is 55.6 Å². The van der Waals surface area contributed by atoms with Crippen LogP contribution in [0.5, 0.6) is 0 Å². The largest absolute Gasteiger partial charge is 0.335 e. The van der Waals surface area contributed by atoms with Crippen LogP contribution in [0.25, 0.3) is 0 Å². The smallest absolute Gasteiger partial charge is 0.225 e. The molecule has 25 heavy (non-hydrogen) atoms. The van der Waals surface area contributed by atoms with E-state index in [2.05, 4.69) is 19.8 Å². The maximum Gasteiger partial charge on any atom is 0.225 e. The summed E-state index contributed by atoms with van der Waals surface area (Å²) in [6.45, 7) is 2.85.